The van der Waals surface area contributed by atoms with Crippen molar-refractivity contribution in [2.24, 2.45) is 0 Å². The van der Waals surface area contributed by atoms with E-state index >= 15 is 0 Å². The van der Waals surface area contributed by atoms with Gasteiger partial charge in [0.25, 0.3) is 5.91 Å². The molecule has 0 unspecified atom stereocenters. The summed E-state index contributed by atoms with van der Waals surface area (Å²) in [4.78, 5) is 20.0. The Balaban J connectivity index is 2.05. The average Bonchev–Trinajstić information content (AvgIpc) is 2.30. The first kappa shape index (κ1) is 10.9. The molecule has 2 heterocycles. The van der Waals surface area contributed by atoms with Crippen LogP contribution in [-0.4, -0.2) is 53.9 Å². The molecule has 2 rings (SSSR count). The predicted molar refractivity (Wildman–Crippen MR) is 62.0 cm³/mol. The third-order valence-corrected chi connectivity index (χ3v) is 2.82. The van der Waals surface area contributed by atoms with E-state index in [-0.39, 0.29) is 5.91 Å². The molecule has 1 aliphatic rings. The highest BCUT2D eigenvalue weighted by atomic mass is 16.2. The molecular weight excluding hydrogens is 204 g/mol. The Labute approximate surface area is 94.9 Å². The van der Waals surface area contributed by atoms with Crippen LogP contribution in [0.15, 0.2) is 18.3 Å². The Morgan fingerprint density at radius 1 is 1.31 bits per heavy atom. The molecular formula is C11H16N4O. The van der Waals surface area contributed by atoms with Crippen molar-refractivity contribution in [2.75, 3.05) is 39.0 Å². The topological polar surface area (TPSA) is 62.5 Å². The number of pyridine rings is 1. The van der Waals surface area contributed by atoms with E-state index in [0.29, 0.717) is 11.4 Å². The molecule has 0 saturated carbocycles. The molecule has 0 aliphatic carbocycles. The molecule has 0 atom stereocenters. The summed E-state index contributed by atoms with van der Waals surface area (Å²) in [6.07, 6.45) is 1.54. The van der Waals surface area contributed by atoms with Gasteiger partial charge in [-0.15, -0.1) is 0 Å². The van der Waals surface area contributed by atoms with Crippen molar-refractivity contribution in [3.8, 4) is 0 Å². The number of amides is 1. The molecule has 1 aliphatic heterocycles. The van der Waals surface area contributed by atoms with Gasteiger partial charge in [0, 0.05) is 32.4 Å². The Morgan fingerprint density at radius 3 is 2.56 bits per heavy atom. The summed E-state index contributed by atoms with van der Waals surface area (Å²) >= 11 is 0. The number of carbonyl (C=O) groups is 1. The fourth-order valence-electron chi connectivity index (χ4n) is 1.72. The second kappa shape index (κ2) is 4.49. The third-order valence-electron chi connectivity index (χ3n) is 2.82. The predicted octanol–water partition coefficient (Wildman–Crippen LogP) is 0.0514. The van der Waals surface area contributed by atoms with Crippen LogP contribution >= 0.6 is 0 Å². The number of aromatic nitrogens is 1. The maximum Gasteiger partial charge on any atom is 0.255 e. The van der Waals surface area contributed by atoms with Crippen molar-refractivity contribution in [3.63, 3.8) is 0 Å². The fourth-order valence-corrected chi connectivity index (χ4v) is 1.72. The van der Waals surface area contributed by atoms with Crippen LogP contribution in [0, 0.1) is 0 Å². The normalized spacial score (nSPS) is 17.4. The zero-order valence-electron chi connectivity index (χ0n) is 9.39. The van der Waals surface area contributed by atoms with Crippen LogP contribution in [0.25, 0.3) is 0 Å². The van der Waals surface area contributed by atoms with Crippen LogP contribution in [-0.2, 0) is 0 Å². The second-order valence-electron chi connectivity index (χ2n) is 4.07. The summed E-state index contributed by atoms with van der Waals surface area (Å²) in [5.41, 5.74) is 6.09. The van der Waals surface area contributed by atoms with E-state index in [1.165, 1.54) is 6.20 Å². The average molecular weight is 220 g/mol. The minimum Gasteiger partial charge on any atom is -0.384 e. The lowest BCUT2D eigenvalue weighted by Gasteiger charge is -2.32. The van der Waals surface area contributed by atoms with E-state index in [0.717, 1.165) is 26.2 Å². The van der Waals surface area contributed by atoms with E-state index in [4.69, 9.17) is 5.73 Å². The molecule has 1 amide bonds. The van der Waals surface area contributed by atoms with Gasteiger partial charge in [0.1, 0.15) is 5.82 Å². The van der Waals surface area contributed by atoms with Crippen molar-refractivity contribution >= 4 is 11.7 Å². The lowest BCUT2D eigenvalue weighted by Crippen LogP contribution is -2.47. The van der Waals surface area contributed by atoms with Crippen molar-refractivity contribution in [2.45, 2.75) is 0 Å². The quantitative estimate of drug-likeness (QED) is 0.726. The summed E-state index contributed by atoms with van der Waals surface area (Å²) in [7, 11) is 2.06. The molecule has 86 valence electrons. The standard InChI is InChI=1S/C11H16N4O/c1-14-4-6-15(7-5-14)11(16)9-2-3-10(12)13-8-9/h2-3,8H,4-7H2,1H3,(H2,12,13). The molecule has 0 radical (unpaired) electrons. The monoisotopic (exact) mass is 220 g/mol. The summed E-state index contributed by atoms with van der Waals surface area (Å²) in [5.74, 6) is 0.482. The summed E-state index contributed by atoms with van der Waals surface area (Å²) < 4.78 is 0. The Hall–Kier alpha value is -1.62. The largest absolute Gasteiger partial charge is 0.384 e. The first-order chi connectivity index (χ1) is 7.66. The first-order valence-electron chi connectivity index (χ1n) is 5.36. The lowest BCUT2D eigenvalue weighted by atomic mass is 10.2. The van der Waals surface area contributed by atoms with Crippen LogP contribution in [0.1, 0.15) is 10.4 Å². The summed E-state index contributed by atoms with van der Waals surface area (Å²) in [5, 5.41) is 0. The van der Waals surface area contributed by atoms with Crippen molar-refractivity contribution in [1.29, 1.82) is 0 Å². The van der Waals surface area contributed by atoms with Gasteiger partial charge in [-0.3, -0.25) is 4.79 Å². The number of likely N-dealkylation sites (N-methyl/N-ethyl adjacent to an activating group) is 1. The van der Waals surface area contributed by atoms with E-state index < -0.39 is 0 Å². The van der Waals surface area contributed by atoms with Gasteiger partial charge >= 0.3 is 0 Å². The van der Waals surface area contributed by atoms with Gasteiger partial charge in [-0.2, -0.15) is 0 Å². The number of nitrogen functional groups attached to an aromatic ring is 1. The smallest absolute Gasteiger partial charge is 0.255 e. The van der Waals surface area contributed by atoms with E-state index in [9.17, 15) is 4.79 Å². The van der Waals surface area contributed by atoms with Crippen LogP contribution in [0.5, 0.6) is 0 Å². The maximum atomic E-state index is 12.0. The van der Waals surface area contributed by atoms with Crippen molar-refractivity contribution in [1.82, 2.24) is 14.8 Å². The number of anilines is 1. The van der Waals surface area contributed by atoms with Gasteiger partial charge in [-0.1, -0.05) is 0 Å². The van der Waals surface area contributed by atoms with Gasteiger partial charge in [-0.05, 0) is 19.2 Å². The highest BCUT2D eigenvalue weighted by Crippen LogP contribution is 2.08. The molecule has 5 nitrogen and oxygen atoms in total. The third kappa shape index (κ3) is 2.30. The number of nitrogens with two attached hydrogens (primary N) is 1. The molecule has 1 aromatic rings. The Morgan fingerprint density at radius 2 is 2.00 bits per heavy atom. The summed E-state index contributed by atoms with van der Waals surface area (Å²) in [6.45, 7) is 3.40. The van der Waals surface area contributed by atoms with Crippen LogP contribution in [0.2, 0.25) is 0 Å². The van der Waals surface area contributed by atoms with Gasteiger partial charge in [0.05, 0.1) is 5.56 Å². The van der Waals surface area contributed by atoms with Crippen LogP contribution < -0.4 is 5.73 Å². The van der Waals surface area contributed by atoms with Gasteiger partial charge < -0.3 is 15.5 Å². The molecule has 5 heteroatoms. The highest BCUT2D eigenvalue weighted by Gasteiger charge is 2.20. The zero-order chi connectivity index (χ0) is 11.5. The number of piperazine rings is 1. The van der Waals surface area contributed by atoms with Crippen molar-refractivity contribution in [3.05, 3.63) is 23.9 Å². The minimum absolute atomic E-state index is 0.0422. The molecule has 2 N–H and O–H groups in total. The Bertz CT molecular complexity index is 368. The van der Waals surface area contributed by atoms with Crippen LogP contribution in [0.3, 0.4) is 0 Å². The van der Waals surface area contributed by atoms with Gasteiger partial charge in [0.2, 0.25) is 0 Å². The second-order valence-corrected chi connectivity index (χ2v) is 4.07. The summed E-state index contributed by atoms with van der Waals surface area (Å²) in [6, 6.07) is 3.38. The number of hydrogen-bond acceptors (Lipinski definition) is 4. The van der Waals surface area contributed by atoms with E-state index in [2.05, 4.69) is 16.9 Å². The Kier molecular flexibility index (Phi) is 3.05. The number of carbonyl (C=O) groups excluding carboxylic acids is 1. The molecule has 1 aromatic heterocycles. The number of nitrogens with zero attached hydrogens (tertiary/aromatic N) is 3. The zero-order valence-corrected chi connectivity index (χ0v) is 9.39. The number of hydrogen-bond donors (Lipinski definition) is 1. The number of rotatable bonds is 1. The highest BCUT2D eigenvalue weighted by molar-refractivity contribution is 5.94. The molecule has 0 bridgehead atoms. The maximum absolute atomic E-state index is 12.0. The molecule has 1 fully saturated rings. The minimum atomic E-state index is 0.0422. The SMILES string of the molecule is CN1CCN(C(=O)c2ccc(N)nc2)CC1. The fraction of sp³-hybridized carbons (Fsp3) is 0.455. The molecule has 0 aromatic carbocycles. The molecule has 1 saturated heterocycles. The first-order valence-corrected chi connectivity index (χ1v) is 5.36. The lowest BCUT2D eigenvalue weighted by molar-refractivity contribution is 0.0664. The van der Waals surface area contributed by atoms with E-state index in [1.807, 2.05) is 4.90 Å². The van der Waals surface area contributed by atoms with Gasteiger partial charge in [0.15, 0.2) is 0 Å². The van der Waals surface area contributed by atoms with Crippen LogP contribution in [0.4, 0.5) is 5.82 Å². The molecule has 0 spiro atoms. The van der Waals surface area contributed by atoms with Gasteiger partial charge in [-0.25, -0.2) is 4.98 Å². The van der Waals surface area contributed by atoms with Crippen molar-refractivity contribution < 1.29 is 4.79 Å². The molecule has 16 heavy (non-hydrogen) atoms. The van der Waals surface area contributed by atoms with E-state index in [1.54, 1.807) is 12.1 Å².